The van der Waals surface area contributed by atoms with Crippen LogP contribution in [-0.2, 0) is 4.79 Å². The number of carboxylic acids is 1. The Morgan fingerprint density at radius 2 is 1.96 bits per heavy atom. The summed E-state index contributed by atoms with van der Waals surface area (Å²) in [5.41, 5.74) is 0.0207. The van der Waals surface area contributed by atoms with E-state index in [1.54, 1.807) is 0 Å². The van der Waals surface area contributed by atoms with E-state index in [1.807, 2.05) is 0 Å². The number of hydrogen-bond acceptors (Lipinski definition) is 5. The van der Waals surface area contributed by atoms with E-state index in [9.17, 15) is 19.1 Å². The smallest absolute Gasteiger partial charge is 0.303 e. The SMILES string of the molecule is O=C(O)CCC(O)=c1c(=O)cc(-c2cc(F)cc(Cl)c2)n2ncnc12. The van der Waals surface area contributed by atoms with Crippen LogP contribution in [0.15, 0.2) is 35.4 Å². The predicted octanol–water partition coefficient (Wildman–Crippen LogP) is 1.80. The molecule has 7 nitrogen and oxygen atoms in total. The highest BCUT2D eigenvalue weighted by atomic mass is 35.5. The van der Waals surface area contributed by atoms with Crippen LogP contribution in [0.25, 0.3) is 22.7 Å². The monoisotopic (exact) mass is 363 g/mol. The lowest BCUT2D eigenvalue weighted by Crippen LogP contribution is -2.30. The van der Waals surface area contributed by atoms with Gasteiger partial charge in [-0.1, -0.05) is 11.6 Å². The van der Waals surface area contributed by atoms with Crippen LogP contribution in [0.2, 0.25) is 5.02 Å². The summed E-state index contributed by atoms with van der Waals surface area (Å²) in [5, 5.41) is 22.8. The van der Waals surface area contributed by atoms with Gasteiger partial charge in [0, 0.05) is 23.1 Å². The molecule has 1 aromatic carbocycles. The lowest BCUT2D eigenvalue weighted by Gasteiger charge is -2.06. The highest BCUT2D eigenvalue weighted by molar-refractivity contribution is 6.30. The molecule has 0 bridgehead atoms. The Morgan fingerprint density at radius 3 is 2.64 bits per heavy atom. The molecule has 25 heavy (non-hydrogen) atoms. The molecule has 0 saturated carbocycles. The zero-order chi connectivity index (χ0) is 18.1. The summed E-state index contributed by atoms with van der Waals surface area (Å²) >= 11 is 5.85. The van der Waals surface area contributed by atoms with Gasteiger partial charge in [0.15, 0.2) is 11.1 Å². The Balaban J connectivity index is 2.28. The number of fused-ring (bicyclic) bond motifs is 1. The molecule has 9 heteroatoms. The maximum absolute atomic E-state index is 13.6. The zero-order valence-electron chi connectivity index (χ0n) is 12.6. The van der Waals surface area contributed by atoms with Gasteiger partial charge in [0.25, 0.3) is 0 Å². The van der Waals surface area contributed by atoms with Crippen molar-refractivity contribution in [2.45, 2.75) is 12.8 Å². The number of aliphatic carboxylic acids is 1. The van der Waals surface area contributed by atoms with Crippen LogP contribution < -0.4 is 10.6 Å². The number of hydrogen-bond donors (Lipinski definition) is 2. The molecule has 0 aliphatic carbocycles. The summed E-state index contributed by atoms with van der Waals surface area (Å²) in [7, 11) is 0. The van der Waals surface area contributed by atoms with Crippen LogP contribution >= 0.6 is 11.6 Å². The molecule has 0 radical (unpaired) electrons. The van der Waals surface area contributed by atoms with E-state index >= 15 is 0 Å². The molecule has 0 fully saturated rings. The van der Waals surface area contributed by atoms with Crippen molar-refractivity contribution in [1.82, 2.24) is 14.6 Å². The first kappa shape index (κ1) is 16.8. The molecule has 0 spiro atoms. The number of aliphatic hydroxyl groups is 1. The van der Waals surface area contributed by atoms with E-state index in [0.717, 1.165) is 6.07 Å². The Kier molecular flexibility index (Phi) is 4.37. The summed E-state index contributed by atoms with van der Waals surface area (Å²) in [5.74, 6) is -2.08. The molecule has 0 aliphatic rings. The third kappa shape index (κ3) is 3.29. The summed E-state index contributed by atoms with van der Waals surface area (Å²) < 4.78 is 14.9. The van der Waals surface area contributed by atoms with Gasteiger partial charge in [0.1, 0.15) is 23.1 Å². The largest absolute Gasteiger partial charge is 0.511 e. The number of nitrogens with zero attached hydrogens (tertiary/aromatic N) is 3. The highest BCUT2D eigenvalue weighted by Crippen LogP contribution is 2.23. The van der Waals surface area contributed by atoms with Crippen molar-refractivity contribution in [3.05, 3.63) is 56.9 Å². The zero-order valence-corrected chi connectivity index (χ0v) is 13.4. The van der Waals surface area contributed by atoms with Crippen molar-refractivity contribution in [2.75, 3.05) is 0 Å². The molecule has 128 valence electrons. The van der Waals surface area contributed by atoms with E-state index in [4.69, 9.17) is 16.7 Å². The molecule has 3 aromatic rings. The minimum absolute atomic E-state index is 0.0470. The molecule has 0 unspecified atom stereocenters. The third-order valence-corrected chi connectivity index (χ3v) is 3.75. The summed E-state index contributed by atoms with van der Waals surface area (Å²) in [6, 6.07) is 4.95. The number of rotatable bonds is 4. The Bertz CT molecular complexity index is 1080. The van der Waals surface area contributed by atoms with E-state index in [2.05, 4.69) is 10.1 Å². The van der Waals surface area contributed by atoms with Crippen LogP contribution in [0.1, 0.15) is 12.8 Å². The fourth-order valence-electron chi connectivity index (χ4n) is 2.48. The maximum atomic E-state index is 13.6. The molecule has 2 heterocycles. The van der Waals surface area contributed by atoms with Gasteiger partial charge in [0.2, 0.25) is 0 Å². The van der Waals surface area contributed by atoms with Crippen molar-refractivity contribution in [3.8, 4) is 11.3 Å². The Morgan fingerprint density at radius 1 is 1.20 bits per heavy atom. The maximum Gasteiger partial charge on any atom is 0.303 e. The molecule has 2 N–H and O–H groups in total. The summed E-state index contributed by atoms with van der Waals surface area (Å²) in [6.07, 6.45) is 0.609. The van der Waals surface area contributed by atoms with E-state index in [0.29, 0.717) is 5.56 Å². The number of aromatic nitrogens is 3. The van der Waals surface area contributed by atoms with Crippen molar-refractivity contribution in [1.29, 1.82) is 0 Å². The van der Waals surface area contributed by atoms with E-state index < -0.39 is 23.0 Å². The van der Waals surface area contributed by atoms with Crippen LogP contribution in [0.5, 0.6) is 0 Å². The molecule has 0 aliphatic heterocycles. The average Bonchev–Trinajstić information content (AvgIpc) is 2.99. The van der Waals surface area contributed by atoms with Crippen molar-refractivity contribution >= 4 is 29.0 Å². The number of carbonyl (C=O) groups is 1. The standard InChI is InChI=1S/C16H11ClFN3O4/c17-9-3-8(4-10(18)5-9)11-6-13(23)15(12(22)1-2-14(24)25)16-19-7-20-21(11)16/h3-7,22H,1-2H2,(H,24,25). The Labute approximate surface area is 144 Å². The van der Waals surface area contributed by atoms with Gasteiger partial charge in [-0.2, -0.15) is 5.10 Å². The van der Waals surface area contributed by atoms with Gasteiger partial charge < -0.3 is 10.2 Å². The number of aliphatic hydroxyl groups excluding tert-OH is 1. The van der Waals surface area contributed by atoms with E-state index in [1.165, 1.54) is 29.0 Å². The summed E-state index contributed by atoms with van der Waals surface area (Å²) in [6.45, 7) is 0. The first-order valence-corrected chi connectivity index (χ1v) is 7.52. The molecule has 0 saturated heterocycles. The fraction of sp³-hybridized carbons (Fsp3) is 0.125. The lowest BCUT2D eigenvalue weighted by atomic mass is 10.1. The van der Waals surface area contributed by atoms with Gasteiger partial charge in [-0.25, -0.2) is 13.9 Å². The number of halogens is 2. The number of pyridine rings is 1. The van der Waals surface area contributed by atoms with Crippen LogP contribution in [0.3, 0.4) is 0 Å². The second-order valence-electron chi connectivity index (χ2n) is 5.26. The summed E-state index contributed by atoms with van der Waals surface area (Å²) in [4.78, 5) is 27.1. The van der Waals surface area contributed by atoms with Crippen LogP contribution in [0, 0.1) is 5.82 Å². The average molecular weight is 364 g/mol. The first-order valence-electron chi connectivity index (χ1n) is 7.14. The second-order valence-corrected chi connectivity index (χ2v) is 5.70. The molecular formula is C16H11ClFN3O4. The molecular weight excluding hydrogens is 353 g/mol. The number of benzene rings is 1. The third-order valence-electron chi connectivity index (χ3n) is 3.54. The first-order chi connectivity index (χ1) is 11.9. The quantitative estimate of drug-likeness (QED) is 0.732. The molecule has 3 rings (SSSR count). The minimum atomic E-state index is -1.11. The highest BCUT2D eigenvalue weighted by Gasteiger charge is 2.14. The molecule has 2 aromatic heterocycles. The van der Waals surface area contributed by atoms with Crippen molar-refractivity contribution in [2.24, 2.45) is 0 Å². The van der Waals surface area contributed by atoms with Gasteiger partial charge in [0.05, 0.1) is 12.1 Å². The van der Waals surface area contributed by atoms with Gasteiger partial charge in [-0.15, -0.1) is 0 Å². The predicted molar refractivity (Wildman–Crippen MR) is 87.8 cm³/mol. The van der Waals surface area contributed by atoms with Crippen LogP contribution in [-0.4, -0.2) is 30.8 Å². The van der Waals surface area contributed by atoms with Crippen LogP contribution in [0.4, 0.5) is 4.39 Å². The normalized spacial score (nSPS) is 12.4. The van der Waals surface area contributed by atoms with Gasteiger partial charge in [-0.05, 0) is 18.2 Å². The minimum Gasteiger partial charge on any atom is -0.511 e. The second kappa shape index (κ2) is 6.48. The van der Waals surface area contributed by atoms with Crippen molar-refractivity contribution in [3.63, 3.8) is 0 Å². The van der Waals surface area contributed by atoms with Crippen molar-refractivity contribution < 1.29 is 19.4 Å². The number of carboxylic acid groups (broad SMARTS) is 1. The van der Waals surface area contributed by atoms with E-state index in [-0.39, 0.29) is 34.4 Å². The van der Waals surface area contributed by atoms with Gasteiger partial charge >= 0.3 is 5.97 Å². The lowest BCUT2D eigenvalue weighted by molar-refractivity contribution is -0.136. The molecule has 0 amide bonds. The Hall–Kier alpha value is -3.00. The van der Waals surface area contributed by atoms with Gasteiger partial charge in [-0.3, -0.25) is 9.59 Å². The fourth-order valence-corrected chi connectivity index (χ4v) is 2.71. The molecule has 0 atom stereocenters. The topological polar surface area (TPSA) is 105 Å².